The highest BCUT2D eigenvalue weighted by Crippen LogP contribution is 2.31. The molecule has 0 spiro atoms. The normalized spacial score (nSPS) is 11.5. The molecule has 0 aliphatic rings. The molecule has 1 atom stereocenters. The highest BCUT2D eigenvalue weighted by atomic mass is 35.5. The number of carbonyl (C=O) groups is 1. The quantitative estimate of drug-likeness (QED) is 0.683. The lowest BCUT2D eigenvalue weighted by atomic mass is 10.1. The predicted octanol–water partition coefficient (Wildman–Crippen LogP) is 5.31. The SMILES string of the molecule is CC(CC#N)Sc1ccccc1NC(=O)CCc1cccc(Cl)c1. The molecule has 0 heterocycles. The lowest BCUT2D eigenvalue weighted by molar-refractivity contribution is -0.116. The van der Waals surface area contributed by atoms with Crippen LogP contribution in [0.25, 0.3) is 0 Å². The lowest BCUT2D eigenvalue weighted by Gasteiger charge is -2.13. The van der Waals surface area contributed by atoms with Crippen LogP contribution in [0.4, 0.5) is 5.69 Å². The Labute approximate surface area is 152 Å². The van der Waals surface area contributed by atoms with Crippen molar-refractivity contribution in [1.82, 2.24) is 0 Å². The van der Waals surface area contributed by atoms with Crippen molar-refractivity contribution in [2.45, 2.75) is 36.3 Å². The van der Waals surface area contributed by atoms with Crippen LogP contribution < -0.4 is 5.32 Å². The van der Waals surface area contributed by atoms with Crippen molar-refractivity contribution in [2.75, 3.05) is 5.32 Å². The molecule has 124 valence electrons. The molecule has 0 aliphatic heterocycles. The molecule has 1 amide bonds. The van der Waals surface area contributed by atoms with Gasteiger partial charge >= 0.3 is 0 Å². The van der Waals surface area contributed by atoms with Gasteiger partial charge in [-0.2, -0.15) is 5.26 Å². The van der Waals surface area contributed by atoms with Crippen LogP contribution >= 0.6 is 23.4 Å². The van der Waals surface area contributed by atoms with Gasteiger partial charge in [0.25, 0.3) is 0 Å². The van der Waals surface area contributed by atoms with Gasteiger partial charge in [-0.15, -0.1) is 11.8 Å². The maximum absolute atomic E-state index is 12.2. The average molecular weight is 359 g/mol. The number of carbonyl (C=O) groups excluding carboxylic acids is 1. The fraction of sp³-hybridized carbons (Fsp3) is 0.263. The first-order valence-electron chi connectivity index (χ1n) is 7.75. The number of para-hydroxylation sites is 1. The number of nitriles is 1. The van der Waals surface area contributed by atoms with E-state index in [-0.39, 0.29) is 11.2 Å². The number of aryl methyl sites for hydroxylation is 1. The minimum Gasteiger partial charge on any atom is -0.325 e. The molecule has 0 aromatic heterocycles. The molecule has 3 nitrogen and oxygen atoms in total. The molecule has 0 bridgehead atoms. The van der Waals surface area contributed by atoms with Gasteiger partial charge < -0.3 is 5.32 Å². The molecule has 0 saturated carbocycles. The van der Waals surface area contributed by atoms with E-state index in [0.717, 1.165) is 16.1 Å². The number of nitrogens with zero attached hydrogens (tertiary/aromatic N) is 1. The molecule has 2 aromatic rings. The summed E-state index contributed by atoms with van der Waals surface area (Å²) < 4.78 is 0. The first-order valence-corrected chi connectivity index (χ1v) is 9.01. The third-order valence-corrected chi connectivity index (χ3v) is 4.81. The Morgan fingerprint density at radius 3 is 2.83 bits per heavy atom. The van der Waals surface area contributed by atoms with E-state index in [1.165, 1.54) is 0 Å². The van der Waals surface area contributed by atoms with Crippen LogP contribution in [0.5, 0.6) is 0 Å². The summed E-state index contributed by atoms with van der Waals surface area (Å²) in [7, 11) is 0. The summed E-state index contributed by atoms with van der Waals surface area (Å²) in [6, 6.07) is 17.4. The summed E-state index contributed by atoms with van der Waals surface area (Å²) in [6.45, 7) is 2.01. The standard InChI is InChI=1S/C19H19ClN2OS/c1-14(11-12-21)24-18-8-3-2-7-17(18)22-19(23)10-9-15-5-4-6-16(20)13-15/h2-8,13-14H,9-11H2,1H3,(H,22,23). The van der Waals surface area contributed by atoms with E-state index in [0.29, 0.717) is 24.3 Å². The number of hydrogen-bond acceptors (Lipinski definition) is 3. The Bertz CT molecular complexity index is 742. The van der Waals surface area contributed by atoms with E-state index in [1.54, 1.807) is 11.8 Å². The Morgan fingerprint density at radius 1 is 1.29 bits per heavy atom. The van der Waals surface area contributed by atoms with Gasteiger partial charge in [0.05, 0.1) is 11.8 Å². The molecular weight excluding hydrogens is 340 g/mol. The van der Waals surface area contributed by atoms with Gasteiger partial charge in [0.2, 0.25) is 5.91 Å². The number of amides is 1. The first kappa shape index (κ1) is 18.4. The maximum atomic E-state index is 12.2. The van der Waals surface area contributed by atoms with Crippen molar-refractivity contribution in [3.05, 3.63) is 59.1 Å². The second-order valence-electron chi connectivity index (χ2n) is 5.46. The van der Waals surface area contributed by atoms with Crippen molar-refractivity contribution in [2.24, 2.45) is 0 Å². The van der Waals surface area contributed by atoms with Crippen LogP contribution in [-0.4, -0.2) is 11.2 Å². The number of thioether (sulfide) groups is 1. The number of rotatable bonds is 7. The molecule has 1 N–H and O–H groups in total. The summed E-state index contributed by atoms with van der Waals surface area (Å²) in [5.74, 6) is -0.0315. The topological polar surface area (TPSA) is 52.9 Å². The summed E-state index contributed by atoms with van der Waals surface area (Å²) >= 11 is 7.56. The Hall–Kier alpha value is -1.96. The van der Waals surface area contributed by atoms with Gasteiger partial charge in [-0.25, -0.2) is 0 Å². The van der Waals surface area contributed by atoms with Gasteiger partial charge in [0.15, 0.2) is 0 Å². The summed E-state index contributed by atoms with van der Waals surface area (Å²) in [5, 5.41) is 12.6. The second-order valence-corrected chi connectivity index (χ2v) is 7.38. The van der Waals surface area contributed by atoms with Gasteiger partial charge in [-0.3, -0.25) is 4.79 Å². The van der Waals surface area contributed by atoms with E-state index in [2.05, 4.69) is 11.4 Å². The van der Waals surface area contributed by atoms with E-state index in [1.807, 2.05) is 55.5 Å². The zero-order chi connectivity index (χ0) is 17.4. The third kappa shape index (κ3) is 5.92. The van der Waals surface area contributed by atoms with E-state index in [9.17, 15) is 4.79 Å². The second kappa shape index (κ2) is 9.36. The molecule has 0 fully saturated rings. The van der Waals surface area contributed by atoms with E-state index >= 15 is 0 Å². The van der Waals surface area contributed by atoms with Crippen LogP contribution in [0.2, 0.25) is 5.02 Å². The third-order valence-electron chi connectivity index (χ3n) is 3.40. The molecule has 24 heavy (non-hydrogen) atoms. The Balaban J connectivity index is 1.95. The zero-order valence-electron chi connectivity index (χ0n) is 13.5. The fourth-order valence-corrected chi connectivity index (χ4v) is 3.43. The zero-order valence-corrected chi connectivity index (χ0v) is 15.0. The largest absolute Gasteiger partial charge is 0.325 e. The Kier molecular flexibility index (Phi) is 7.17. The maximum Gasteiger partial charge on any atom is 0.224 e. The van der Waals surface area contributed by atoms with Gasteiger partial charge in [0, 0.05) is 28.0 Å². The minimum absolute atomic E-state index is 0.0315. The van der Waals surface area contributed by atoms with Crippen molar-refractivity contribution in [3.8, 4) is 6.07 Å². The van der Waals surface area contributed by atoms with E-state index in [4.69, 9.17) is 16.9 Å². The molecule has 5 heteroatoms. The van der Waals surface area contributed by atoms with Crippen molar-refractivity contribution in [1.29, 1.82) is 5.26 Å². The van der Waals surface area contributed by atoms with Gasteiger partial charge in [0.1, 0.15) is 0 Å². The number of benzene rings is 2. The van der Waals surface area contributed by atoms with Gasteiger partial charge in [-0.1, -0.05) is 42.8 Å². The lowest BCUT2D eigenvalue weighted by Crippen LogP contribution is -2.13. The highest BCUT2D eigenvalue weighted by Gasteiger charge is 2.10. The van der Waals surface area contributed by atoms with Crippen LogP contribution in [0.15, 0.2) is 53.4 Å². The van der Waals surface area contributed by atoms with Crippen LogP contribution in [0.3, 0.4) is 0 Å². The molecule has 2 rings (SSSR count). The van der Waals surface area contributed by atoms with Crippen molar-refractivity contribution in [3.63, 3.8) is 0 Å². The number of halogens is 1. The predicted molar refractivity (Wildman–Crippen MR) is 100 cm³/mol. The molecule has 1 unspecified atom stereocenters. The molecular formula is C19H19ClN2OS. The monoisotopic (exact) mass is 358 g/mol. The first-order chi connectivity index (χ1) is 11.6. The molecule has 0 saturated heterocycles. The molecule has 0 aliphatic carbocycles. The minimum atomic E-state index is -0.0315. The van der Waals surface area contributed by atoms with Crippen molar-refractivity contribution < 1.29 is 4.79 Å². The van der Waals surface area contributed by atoms with Crippen LogP contribution in [-0.2, 0) is 11.2 Å². The smallest absolute Gasteiger partial charge is 0.224 e. The summed E-state index contributed by atoms with van der Waals surface area (Å²) in [5.41, 5.74) is 1.84. The van der Waals surface area contributed by atoms with Crippen molar-refractivity contribution >= 4 is 35.0 Å². The molecule has 2 aromatic carbocycles. The summed E-state index contributed by atoms with van der Waals surface area (Å²) in [4.78, 5) is 13.2. The number of hydrogen-bond donors (Lipinski definition) is 1. The van der Waals surface area contributed by atoms with Crippen LogP contribution in [0, 0.1) is 11.3 Å². The Morgan fingerprint density at radius 2 is 2.08 bits per heavy atom. The van der Waals surface area contributed by atoms with Crippen LogP contribution in [0.1, 0.15) is 25.3 Å². The highest BCUT2D eigenvalue weighted by molar-refractivity contribution is 8.00. The van der Waals surface area contributed by atoms with E-state index < -0.39 is 0 Å². The molecule has 0 radical (unpaired) electrons. The van der Waals surface area contributed by atoms with Gasteiger partial charge in [-0.05, 0) is 36.2 Å². The average Bonchev–Trinajstić information content (AvgIpc) is 2.55. The number of anilines is 1. The fourth-order valence-electron chi connectivity index (χ4n) is 2.22. The summed E-state index contributed by atoms with van der Waals surface area (Å²) in [6.07, 6.45) is 1.52. The number of nitrogens with one attached hydrogen (secondary N) is 1.